The van der Waals surface area contributed by atoms with Crippen molar-refractivity contribution >= 4 is 24.2 Å². The van der Waals surface area contributed by atoms with E-state index in [1.54, 1.807) is 55.5 Å². The summed E-state index contributed by atoms with van der Waals surface area (Å²) in [5, 5.41) is 13.8. The van der Waals surface area contributed by atoms with Gasteiger partial charge in [0.05, 0.1) is 83.8 Å². The van der Waals surface area contributed by atoms with Gasteiger partial charge in [-0.25, -0.2) is 27.2 Å². The highest BCUT2D eigenvalue weighted by Gasteiger charge is 2.66. The number of hydrogen-bond donors (Lipinski definition) is 0. The van der Waals surface area contributed by atoms with Gasteiger partial charge in [-0.15, -0.1) is 13.2 Å². The molecule has 3 aliphatic heterocycles. The van der Waals surface area contributed by atoms with Crippen LogP contribution in [-0.4, -0.2) is 95.9 Å². The Morgan fingerprint density at radius 2 is 0.780 bits per heavy atom. The number of fused-ring (bicyclic) bond motifs is 9. The molecule has 17 heteroatoms. The molecule has 6 aromatic rings. The molecule has 6 fully saturated rings. The molecule has 484 valence electrons. The van der Waals surface area contributed by atoms with Gasteiger partial charge in [0.1, 0.15) is 29.7 Å². The summed E-state index contributed by atoms with van der Waals surface area (Å²) in [6.45, 7) is 26.9. The van der Waals surface area contributed by atoms with Gasteiger partial charge in [-0.2, -0.15) is 15.3 Å². The maximum atomic E-state index is 13.3. The van der Waals surface area contributed by atoms with Gasteiger partial charge >= 0.3 is 5.97 Å². The molecule has 3 aromatic carbocycles. The molecule has 14 nitrogen and oxygen atoms in total. The number of esters is 1. The molecule has 0 bridgehead atoms. The van der Waals surface area contributed by atoms with Crippen LogP contribution in [0.5, 0.6) is 0 Å². The van der Waals surface area contributed by atoms with Crippen LogP contribution in [0.3, 0.4) is 0 Å². The van der Waals surface area contributed by atoms with Crippen molar-refractivity contribution in [3.05, 3.63) is 185 Å². The van der Waals surface area contributed by atoms with E-state index in [2.05, 4.69) is 99.9 Å². The fourth-order valence-electron chi connectivity index (χ4n) is 15.8. The van der Waals surface area contributed by atoms with Gasteiger partial charge in [0, 0.05) is 42.4 Å². The van der Waals surface area contributed by atoms with E-state index in [1.807, 2.05) is 32.6 Å². The summed E-state index contributed by atoms with van der Waals surface area (Å²) in [7, 11) is 0. The molecule has 0 amide bonds. The molecular formula is C74H89F3N6O8. The van der Waals surface area contributed by atoms with Gasteiger partial charge in [0.15, 0.2) is 17.4 Å². The predicted octanol–water partition coefficient (Wildman–Crippen LogP) is 15.9. The zero-order valence-electron chi connectivity index (χ0n) is 53.4. The fraction of sp³-hybridized carbons (Fsp3) is 0.486. The first-order valence-electron chi connectivity index (χ1n) is 32.3. The average molecular weight is 1250 g/mol. The van der Waals surface area contributed by atoms with E-state index in [9.17, 15) is 18.0 Å². The molecule has 9 aliphatic rings. The molecule has 3 spiro atoms. The summed E-state index contributed by atoms with van der Waals surface area (Å²) < 4.78 is 89.4. The molecule has 9 atom stereocenters. The van der Waals surface area contributed by atoms with Gasteiger partial charge in [-0.1, -0.05) is 84.8 Å². The second-order valence-electron chi connectivity index (χ2n) is 25.9. The van der Waals surface area contributed by atoms with Crippen molar-refractivity contribution in [1.29, 1.82) is 0 Å². The zero-order valence-corrected chi connectivity index (χ0v) is 53.4. The normalized spacial score (nSPS) is 28.4. The Kier molecular flexibility index (Phi) is 18.3. The molecule has 0 N–H and O–H groups in total. The molecule has 91 heavy (non-hydrogen) atoms. The van der Waals surface area contributed by atoms with Crippen LogP contribution in [0, 0.1) is 33.7 Å². The lowest BCUT2D eigenvalue weighted by molar-refractivity contribution is -0.224. The Labute approximate surface area is 534 Å². The van der Waals surface area contributed by atoms with Gasteiger partial charge in [0.2, 0.25) is 0 Å². The number of aromatic nitrogens is 6. The molecule has 0 unspecified atom stereocenters. The Morgan fingerprint density at radius 1 is 0.505 bits per heavy atom. The van der Waals surface area contributed by atoms with E-state index in [0.29, 0.717) is 6.61 Å². The van der Waals surface area contributed by atoms with E-state index in [4.69, 9.17) is 28.4 Å². The van der Waals surface area contributed by atoms with Gasteiger partial charge in [0.25, 0.3) is 0 Å². The second kappa shape index (κ2) is 25.5. The molecular weight excluding hydrogens is 1160 g/mol. The zero-order chi connectivity index (χ0) is 63.5. The number of carbonyl (C=O) groups is 1. The highest BCUT2D eigenvalue weighted by Crippen LogP contribution is 2.63. The quantitative estimate of drug-likeness (QED) is 0.0958. The summed E-state index contributed by atoms with van der Waals surface area (Å²) >= 11 is 0. The van der Waals surface area contributed by atoms with Crippen molar-refractivity contribution in [2.75, 3.05) is 6.61 Å². The van der Waals surface area contributed by atoms with Crippen molar-refractivity contribution in [3.8, 4) is 17.1 Å². The average Bonchev–Trinajstić information content (AvgIpc) is 1.57. The summed E-state index contributed by atoms with van der Waals surface area (Å²) in [5.74, 6) is -2.67. The van der Waals surface area contributed by atoms with Crippen molar-refractivity contribution in [2.45, 2.75) is 207 Å². The van der Waals surface area contributed by atoms with Crippen molar-refractivity contribution < 1.29 is 51.1 Å². The monoisotopic (exact) mass is 1250 g/mol. The van der Waals surface area contributed by atoms with E-state index >= 15 is 0 Å². The number of halogens is 3. The molecule has 3 saturated heterocycles. The van der Waals surface area contributed by atoms with Gasteiger partial charge in [-0.3, -0.25) is 4.79 Å². The number of carbonyl (C=O) groups excluding carboxylic acids is 1. The van der Waals surface area contributed by atoms with E-state index in [1.165, 1.54) is 71.2 Å². The Morgan fingerprint density at radius 3 is 1.01 bits per heavy atom. The van der Waals surface area contributed by atoms with Crippen LogP contribution >= 0.6 is 0 Å². The first-order valence-corrected chi connectivity index (χ1v) is 32.3. The highest BCUT2D eigenvalue weighted by atomic mass is 19.1. The second-order valence-corrected chi connectivity index (χ2v) is 25.9. The van der Waals surface area contributed by atoms with Crippen LogP contribution in [0.4, 0.5) is 13.2 Å². The number of rotatable bonds is 10. The largest absolute Gasteiger partial charge is 0.466 e. The molecule has 6 heterocycles. The number of benzene rings is 3. The molecule has 15 rings (SSSR count). The summed E-state index contributed by atoms with van der Waals surface area (Å²) in [5.41, 5.74) is 12.8. The van der Waals surface area contributed by atoms with Crippen LogP contribution < -0.4 is 0 Å². The smallest absolute Gasteiger partial charge is 0.302 e. The molecule has 3 aromatic heterocycles. The lowest BCUT2D eigenvalue weighted by atomic mass is 9.72. The van der Waals surface area contributed by atoms with Crippen molar-refractivity contribution in [1.82, 2.24) is 29.3 Å². The third-order valence-corrected chi connectivity index (χ3v) is 20.9. The predicted molar refractivity (Wildman–Crippen MR) is 346 cm³/mol. The first kappa shape index (κ1) is 65.5. The van der Waals surface area contributed by atoms with Crippen LogP contribution in [0.2, 0.25) is 0 Å². The minimum Gasteiger partial charge on any atom is -0.466 e. The van der Waals surface area contributed by atoms with E-state index in [-0.39, 0.29) is 83.7 Å². The number of hydrogen-bond acceptors (Lipinski definition) is 11. The Bertz CT molecular complexity index is 3560. The first-order chi connectivity index (χ1) is 43.2. The summed E-state index contributed by atoms with van der Waals surface area (Å²) in [6.07, 6.45) is 28.2. The van der Waals surface area contributed by atoms with Crippen LogP contribution in [0.1, 0.15) is 168 Å². The van der Waals surface area contributed by atoms with Gasteiger partial charge < -0.3 is 33.2 Å². The maximum Gasteiger partial charge on any atom is 0.302 e. The van der Waals surface area contributed by atoms with Crippen LogP contribution in [0.15, 0.2) is 133 Å². The van der Waals surface area contributed by atoms with Gasteiger partial charge in [-0.05, 0) is 179 Å². The van der Waals surface area contributed by atoms with E-state index in [0.717, 1.165) is 123 Å². The minimum absolute atomic E-state index is 0. The van der Waals surface area contributed by atoms with Crippen molar-refractivity contribution in [3.63, 3.8) is 0 Å². The SMILES string of the molecule is C.C=C[C@H]1OC2(CCC3=Cc4c(cnn4-c4ccc(F)cc4)C[C@@]32C)O[C@@H]1C=C.CCOC(C)=O.CC[C@H]1OC2(CCC3=Cc4c(cnn4-c4ccc(F)cc4)C[C@@]32C)O[C@@H]1CC.CC[C@H]1OC2(CCC3=Cc4c(cnn4-c4ccc(F)cc4)C[C@@]32C)O[C@@H]1CC. The standard InChI is InChI=1S/2C23H27FN2O2.C23H23FN2O2.C4H8O2.CH4/c3*1-4-20-21(5-2)28-23(27-20)11-10-16-12-19-15(13-22(16,23)3)14-25-26(19)18-8-6-17(24)7-9-18;1-3-6-4(2)5;/h2*6-9,12,14,20-21H,4-5,10-11,13H2,1-3H3;4-9,12,14,20-21H,1-2,10-11,13H2,3H3;3H2,1-2H3;1H4/t3*20-,21-,22+;;/m111../s1. The maximum absolute atomic E-state index is 13.3. The van der Waals surface area contributed by atoms with Crippen molar-refractivity contribution in [2.24, 2.45) is 16.2 Å². The van der Waals surface area contributed by atoms with Crippen LogP contribution in [0.25, 0.3) is 35.3 Å². The number of ether oxygens (including phenoxy) is 7. The minimum atomic E-state index is -0.674. The molecule has 3 saturated carbocycles. The lowest BCUT2D eigenvalue weighted by Crippen LogP contribution is -2.46. The fourth-order valence-corrected chi connectivity index (χ4v) is 15.8. The van der Waals surface area contributed by atoms with E-state index < -0.39 is 17.4 Å². The molecule has 6 aliphatic carbocycles. The van der Waals surface area contributed by atoms with Crippen LogP contribution in [-0.2, 0) is 57.2 Å². The molecule has 0 radical (unpaired) electrons. The summed E-state index contributed by atoms with van der Waals surface area (Å²) in [4.78, 5) is 9.82. The third kappa shape index (κ3) is 11.2. The Hall–Kier alpha value is -6.99. The highest BCUT2D eigenvalue weighted by molar-refractivity contribution is 5.66. The third-order valence-electron chi connectivity index (χ3n) is 20.9. The summed E-state index contributed by atoms with van der Waals surface area (Å²) in [6, 6.07) is 19.4. The Balaban J connectivity index is 0.000000133. The number of nitrogens with zero attached hydrogens (tertiary/aromatic N) is 6. The lowest BCUT2D eigenvalue weighted by Gasteiger charge is -2.42. The topological polar surface area (TPSA) is 135 Å².